The van der Waals surface area contributed by atoms with Crippen LogP contribution in [0, 0.1) is 0 Å². The molecule has 0 radical (unpaired) electrons. The minimum atomic E-state index is 0.130. The van der Waals surface area contributed by atoms with Gasteiger partial charge in [0.1, 0.15) is 0 Å². The van der Waals surface area contributed by atoms with Crippen LogP contribution in [0.1, 0.15) is 24.0 Å². The van der Waals surface area contributed by atoms with Gasteiger partial charge in [-0.15, -0.1) is 0 Å². The van der Waals surface area contributed by atoms with Crippen molar-refractivity contribution >= 4 is 41.1 Å². The van der Waals surface area contributed by atoms with Gasteiger partial charge in [-0.2, -0.15) is 0 Å². The maximum Gasteiger partial charge on any atom is 0.185 e. The first kappa shape index (κ1) is 15.1. The molecule has 0 unspecified atom stereocenters. The molecule has 1 fully saturated rings. The first-order valence-corrected chi connectivity index (χ1v) is 7.84. The van der Waals surface area contributed by atoms with Crippen molar-refractivity contribution in [1.82, 2.24) is 0 Å². The summed E-state index contributed by atoms with van der Waals surface area (Å²) in [5.74, 6) is 0.130. The number of halogens is 2. The van der Waals surface area contributed by atoms with Gasteiger partial charge in [-0.3, -0.25) is 4.79 Å². The van der Waals surface area contributed by atoms with Gasteiger partial charge in [-0.1, -0.05) is 47.5 Å². The summed E-state index contributed by atoms with van der Waals surface area (Å²) in [5, 5.41) is 1.39. The molecule has 1 saturated carbocycles. The molecule has 0 heterocycles. The molecule has 0 amide bonds. The molecular formula is C19H14Cl2O. The maximum absolute atomic E-state index is 12.5. The molecule has 22 heavy (non-hydrogen) atoms. The van der Waals surface area contributed by atoms with Crippen LogP contribution in [-0.2, 0) is 4.79 Å². The Labute approximate surface area is 139 Å². The second-order valence-corrected chi connectivity index (χ2v) is 6.14. The van der Waals surface area contributed by atoms with Gasteiger partial charge in [0.05, 0.1) is 0 Å². The summed E-state index contributed by atoms with van der Waals surface area (Å²) in [6.07, 6.45) is 5.45. The molecule has 1 aliphatic carbocycles. The number of carbonyl (C=O) groups is 1. The van der Waals surface area contributed by atoms with Crippen molar-refractivity contribution < 1.29 is 4.79 Å². The van der Waals surface area contributed by atoms with E-state index in [1.54, 1.807) is 0 Å². The van der Waals surface area contributed by atoms with E-state index in [1.165, 1.54) is 0 Å². The SMILES string of the molecule is O=C1C(=Cc2ccc(Cl)cc2)CC/C1=C\c1ccc(Cl)cc1. The van der Waals surface area contributed by atoms with Crippen LogP contribution < -0.4 is 0 Å². The summed E-state index contributed by atoms with van der Waals surface area (Å²) in [6, 6.07) is 15.0. The van der Waals surface area contributed by atoms with Crippen molar-refractivity contribution in [3.8, 4) is 0 Å². The predicted molar refractivity (Wildman–Crippen MR) is 93.1 cm³/mol. The maximum atomic E-state index is 12.5. The van der Waals surface area contributed by atoms with Crippen LogP contribution in [0.15, 0.2) is 59.7 Å². The van der Waals surface area contributed by atoms with Crippen LogP contribution in [0.5, 0.6) is 0 Å². The second-order valence-electron chi connectivity index (χ2n) is 5.27. The van der Waals surface area contributed by atoms with Gasteiger partial charge >= 0.3 is 0 Å². The number of benzene rings is 2. The minimum Gasteiger partial charge on any atom is -0.289 e. The van der Waals surface area contributed by atoms with Crippen LogP contribution in [0.2, 0.25) is 10.0 Å². The molecule has 1 aliphatic rings. The van der Waals surface area contributed by atoms with Crippen molar-refractivity contribution in [3.05, 3.63) is 80.8 Å². The molecule has 0 bridgehead atoms. The molecular weight excluding hydrogens is 315 g/mol. The summed E-state index contributed by atoms with van der Waals surface area (Å²) in [7, 11) is 0. The average molecular weight is 329 g/mol. The zero-order chi connectivity index (χ0) is 15.5. The first-order valence-electron chi connectivity index (χ1n) is 7.09. The van der Waals surface area contributed by atoms with Gasteiger partial charge in [0.2, 0.25) is 0 Å². The third kappa shape index (κ3) is 3.49. The molecule has 0 aromatic heterocycles. The van der Waals surface area contributed by atoms with E-state index in [2.05, 4.69) is 0 Å². The lowest BCUT2D eigenvalue weighted by Crippen LogP contribution is -1.95. The van der Waals surface area contributed by atoms with Crippen molar-refractivity contribution in [2.45, 2.75) is 12.8 Å². The Hall–Kier alpha value is -1.83. The number of Topliss-reactive ketones (excluding diaryl/α,β-unsaturated/α-hetero) is 1. The molecule has 0 aliphatic heterocycles. The molecule has 0 atom stereocenters. The summed E-state index contributed by atoms with van der Waals surface area (Å²) in [5.41, 5.74) is 3.70. The fraction of sp³-hybridized carbons (Fsp3) is 0.105. The zero-order valence-corrected chi connectivity index (χ0v) is 13.4. The Bertz CT molecular complexity index is 688. The van der Waals surface area contributed by atoms with Crippen molar-refractivity contribution in [2.24, 2.45) is 0 Å². The standard InChI is InChI=1S/C19H14Cl2O/c20-17-7-1-13(2-8-17)11-15-5-6-16(19(15)22)12-14-3-9-18(21)10-4-14/h1-4,7-12H,5-6H2/b15-11+,16-12?. The largest absolute Gasteiger partial charge is 0.289 e. The summed E-state index contributed by atoms with van der Waals surface area (Å²) in [4.78, 5) is 12.5. The molecule has 0 N–H and O–H groups in total. The predicted octanol–water partition coefficient (Wildman–Crippen LogP) is 5.82. The Morgan fingerprint density at radius 3 is 1.41 bits per heavy atom. The highest BCUT2D eigenvalue weighted by molar-refractivity contribution is 6.30. The van der Waals surface area contributed by atoms with Gasteiger partial charge in [0.15, 0.2) is 5.78 Å². The highest BCUT2D eigenvalue weighted by atomic mass is 35.5. The number of allylic oxidation sites excluding steroid dienone is 2. The van der Waals surface area contributed by atoms with E-state index < -0.39 is 0 Å². The number of hydrogen-bond acceptors (Lipinski definition) is 1. The Morgan fingerprint density at radius 2 is 1.05 bits per heavy atom. The van der Waals surface area contributed by atoms with Gasteiger partial charge in [-0.25, -0.2) is 0 Å². The molecule has 3 rings (SSSR count). The number of ketones is 1. The normalized spacial score (nSPS) is 18.4. The average Bonchev–Trinajstić information content (AvgIpc) is 2.85. The van der Waals surface area contributed by atoms with Crippen LogP contribution >= 0.6 is 23.2 Å². The Morgan fingerprint density at radius 1 is 0.682 bits per heavy atom. The van der Waals surface area contributed by atoms with Crippen LogP contribution in [0.3, 0.4) is 0 Å². The molecule has 0 saturated heterocycles. The molecule has 0 spiro atoms. The van der Waals surface area contributed by atoms with Gasteiger partial charge in [0, 0.05) is 21.2 Å². The van der Waals surface area contributed by atoms with E-state index in [4.69, 9.17) is 23.2 Å². The lowest BCUT2D eigenvalue weighted by molar-refractivity contribution is -0.111. The monoisotopic (exact) mass is 328 g/mol. The van der Waals surface area contributed by atoms with Gasteiger partial charge in [-0.05, 0) is 60.4 Å². The highest BCUT2D eigenvalue weighted by Gasteiger charge is 2.22. The number of carbonyl (C=O) groups excluding carboxylic acids is 1. The molecule has 2 aromatic carbocycles. The third-order valence-electron chi connectivity index (χ3n) is 3.67. The van der Waals surface area contributed by atoms with E-state index in [-0.39, 0.29) is 5.78 Å². The van der Waals surface area contributed by atoms with E-state index >= 15 is 0 Å². The zero-order valence-electron chi connectivity index (χ0n) is 11.9. The smallest absolute Gasteiger partial charge is 0.185 e. The lowest BCUT2D eigenvalue weighted by atomic mass is 10.1. The topological polar surface area (TPSA) is 17.1 Å². The molecule has 110 valence electrons. The molecule has 2 aromatic rings. The van der Waals surface area contributed by atoms with Gasteiger partial charge < -0.3 is 0 Å². The van der Waals surface area contributed by atoms with E-state index in [1.807, 2.05) is 60.7 Å². The lowest BCUT2D eigenvalue weighted by Gasteiger charge is -1.98. The van der Waals surface area contributed by atoms with Crippen molar-refractivity contribution in [1.29, 1.82) is 0 Å². The van der Waals surface area contributed by atoms with Gasteiger partial charge in [0.25, 0.3) is 0 Å². The first-order chi connectivity index (χ1) is 10.6. The van der Waals surface area contributed by atoms with E-state index in [0.29, 0.717) is 10.0 Å². The molecule has 3 heteroatoms. The summed E-state index contributed by atoms with van der Waals surface area (Å²) < 4.78 is 0. The Balaban J connectivity index is 1.82. The fourth-order valence-electron chi connectivity index (χ4n) is 2.50. The number of rotatable bonds is 2. The highest BCUT2D eigenvalue weighted by Crippen LogP contribution is 2.29. The van der Waals surface area contributed by atoms with Crippen LogP contribution in [0.4, 0.5) is 0 Å². The Kier molecular flexibility index (Phi) is 4.47. The van der Waals surface area contributed by atoms with E-state index in [9.17, 15) is 4.79 Å². The van der Waals surface area contributed by atoms with Crippen LogP contribution in [0.25, 0.3) is 12.2 Å². The van der Waals surface area contributed by atoms with E-state index in [0.717, 1.165) is 35.1 Å². The van der Waals surface area contributed by atoms with Crippen molar-refractivity contribution in [3.63, 3.8) is 0 Å². The third-order valence-corrected chi connectivity index (χ3v) is 4.17. The quantitative estimate of drug-likeness (QED) is 0.634. The number of hydrogen-bond donors (Lipinski definition) is 0. The fourth-order valence-corrected chi connectivity index (χ4v) is 2.75. The second kappa shape index (κ2) is 6.51. The summed E-state index contributed by atoms with van der Waals surface area (Å²) >= 11 is 11.8. The molecule has 1 nitrogen and oxygen atoms in total. The summed E-state index contributed by atoms with van der Waals surface area (Å²) in [6.45, 7) is 0. The van der Waals surface area contributed by atoms with Crippen molar-refractivity contribution in [2.75, 3.05) is 0 Å². The van der Waals surface area contributed by atoms with Crippen LogP contribution in [-0.4, -0.2) is 5.78 Å². The minimum absolute atomic E-state index is 0.130.